The van der Waals surface area contributed by atoms with Crippen molar-refractivity contribution >= 4 is 40.7 Å². The van der Waals surface area contributed by atoms with Crippen LogP contribution in [0, 0.1) is 6.92 Å². The Balaban J connectivity index is 1.83. The van der Waals surface area contributed by atoms with Gasteiger partial charge in [0.1, 0.15) is 0 Å². The van der Waals surface area contributed by atoms with Crippen molar-refractivity contribution in [1.29, 1.82) is 0 Å². The van der Waals surface area contributed by atoms with Gasteiger partial charge in [0.25, 0.3) is 5.91 Å². The predicted octanol–water partition coefficient (Wildman–Crippen LogP) is 5.00. The van der Waals surface area contributed by atoms with Crippen molar-refractivity contribution in [2.45, 2.75) is 26.3 Å². The number of halogens is 3. The number of rotatable bonds is 5. The highest BCUT2D eigenvalue weighted by Crippen LogP contribution is 2.33. The summed E-state index contributed by atoms with van der Waals surface area (Å²) in [4.78, 5) is 13.4. The molecule has 11 heteroatoms. The minimum atomic E-state index is -0.843. The van der Waals surface area contributed by atoms with Gasteiger partial charge in [0, 0.05) is 28.2 Å². The molecule has 0 saturated carbocycles. The van der Waals surface area contributed by atoms with E-state index in [1.54, 1.807) is 42.1 Å². The second kappa shape index (κ2) is 8.78. The number of nitrogens with one attached hydrogen (secondary N) is 1. The largest absolute Gasteiger partial charge is 0.338 e. The van der Waals surface area contributed by atoms with Gasteiger partial charge in [0.2, 0.25) is 0 Å². The highest BCUT2D eigenvalue weighted by atomic mass is 35.5. The zero-order valence-corrected chi connectivity index (χ0v) is 20.5. The average Bonchev–Trinajstić information content (AvgIpc) is 3.32. The Morgan fingerprint density at radius 3 is 2.30 bits per heavy atom. The maximum atomic E-state index is 13.4. The number of benzene rings is 2. The van der Waals surface area contributed by atoms with Crippen LogP contribution in [-0.4, -0.2) is 35.9 Å². The SMILES string of the molecule is Cc1c(C(=O)NC(C)(C)c2nnnn2C)nn(-c2ccc(Cl)cc2Cl)c1-c1ccc(Cl)cc1. The molecular formula is C22H20Cl3N7O. The molecule has 0 aliphatic carbocycles. The number of amides is 1. The smallest absolute Gasteiger partial charge is 0.272 e. The zero-order chi connectivity index (χ0) is 23.9. The summed E-state index contributed by atoms with van der Waals surface area (Å²) in [6, 6.07) is 12.4. The van der Waals surface area contributed by atoms with Gasteiger partial charge in [0.05, 0.1) is 21.9 Å². The van der Waals surface area contributed by atoms with Crippen molar-refractivity contribution < 1.29 is 4.79 Å². The molecule has 4 rings (SSSR count). The fourth-order valence-electron chi connectivity index (χ4n) is 3.64. The summed E-state index contributed by atoms with van der Waals surface area (Å²) in [6.45, 7) is 5.47. The first-order valence-corrected chi connectivity index (χ1v) is 11.1. The van der Waals surface area contributed by atoms with Crippen molar-refractivity contribution in [2.24, 2.45) is 7.05 Å². The minimum Gasteiger partial charge on any atom is -0.338 e. The van der Waals surface area contributed by atoms with Crippen molar-refractivity contribution in [2.75, 3.05) is 0 Å². The quantitative estimate of drug-likeness (QED) is 0.413. The summed E-state index contributed by atoms with van der Waals surface area (Å²) < 4.78 is 3.15. The predicted molar refractivity (Wildman–Crippen MR) is 128 cm³/mol. The molecule has 1 N–H and O–H groups in total. The molecule has 0 aliphatic heterocycles. The Labute approximate surface area is 205 Å². The van der Waals surface area contributed by atoms with Crippen LogP contribution in [0.15, 0.2) is 42.5 Å². The van der Waals surface area contributed by atoms with E-state index in [2.05, 4.69) is 25.9 Å². The van der Waals surface area contributed by atoms with Crippen LogP contribution in [0.4, 0.5) is 0 Å². The molecule has 0 spiro atoms. The van der Waals surface area contributed by atoms with Gasteiger partial charge in [-0.1, -0.05) is 46.9 Å². The lowest BCUT2D eigenvalue weighted by molar-refractivity contribution is 0.0900. The number of tetrazole rings is 1. The molecule has 0 fully saturated rings. The molecule has 0 unspecified atom stereocenters. The van der Waals surface area contributed by atoms with E-state index in [1.165, 1.54) is 4.68 Å². The third-order valence-electron chi connectivity index (χ3n) is 5.20. The fraction of sp³-hybridized carbons (Fsp3) is 0.227. The van der Waals surface area contributed by atoms with E-state index in [9.17, 15) is 4.79 Å². The van der Waals surface area contributed by atoms with Crippen LogP contribution in [-0.2, 0) is 12.6 Å². The van der Waals surface area contributed by atoms with Gasteiger partial charge in [0.15, 0.2) is 11.5 Å². The molecule has 33 heavy (non-hydrogen) atoms. The first kappa shape index (κ1) is 23.2. The standard InChI is InChI=1S/C22H20Cl3N7O/c1-12-18(20(33)26-22(2,3)21-27-29-30-31(21)4)28-32(17-10-9-15(24)11-16(17)25)19(12)13-5-7-14(23)8-6-13/h5-11H,1-4H3,(H,26,33). The van der Waals surface area contributed by atoms with Crippen molar-refractivity contribution in [1.82, 2.24) is 35.3 Å². The third-order valence-corrected chi connectivity index (χ3v) is 5.99. The van der Waals surface area contributed by atoms with Crippen molar-refractivity contribution in [3.05, 3.63) is 74.6 Å². The maximum absolute atomic E-state index is 13.4. The Morgan fingerprint density at radius 2 is 1.70 bits per heavy atom. The number of carbonyl (C=O) groups excluding carboxylic acids is 1. The molecule has 0 saturated heterocycles. The molecule has 0 atom stereocenters. The van der Waals surface area contributed by atoms with Gasteiger partial charge in [-0.15, -0.1) is 5.10 Å². The van der Waals surface area contributed by atoms with E-state index in [4.69, 9.17) is 34.8 Å². The third kappa shape index (κ3) is 4.46. The first-order chi connectivity index (χ1) is 15.6. The molecule has 0 bridgehead atoms. The Kier molecular flexibility index (Phi) is 6.18. The first-order valence-electron chi connectivity index (χ1n) is 9.95. The molecule has 0 aliphatic rings. The van der Waals surface area contributed by atoms with Crippen molar-refractivity contribution in [3.8, 4) is 16.9 Å². The van der Waals surface area contributed by atoms with Gasteiger partial charge >= 0.3 is 0 Å². The van der Waals surface area contributed by atoms with Crippen LogP contribution in [0.5, 0.6) is 0 Å². The maximum Gasteiger partial charge on any atom is 0.272 e. The molecule has 2 aromatic heterocycles. The second-order valence-electron chi connectivity index (χ2n) is 8.04. The number of aromatic nitrogens is 6. The number of hydrogen-bond acceptors (Lipinski definition) is 5. The fourth-order valence-corrected chi connectivity index (χ4v) is 4.26. The Bertz CT molecular complexity index is 1340. The zero-order valence-electron chi connectivity index (χ0n) is 18.3. The van der Waals surface area contributed by atoms with Gasteiger partial charge < -0.3 is 5.32 Å². The topological polar surface area (TPSA) is 90.5 Å². The van der Waals surface area contributed by atoms with Crippen molar-refractivity contribution in [3.63, 3.8) is 0 Å². The number of aryl methyl sites for hydroxylation is 1. The summed E-state index contributed by atoms with van der Waals surface area (Å²) in [6.07, 6.45) is 0. The van der Waals surface area contributed by atoms with Gasteiger partial charge in [-0.2, -0.15) is 5.10 Å². The van der Waals surface area contributed by atoms with Gasteiger partial charge in [-0.3, -0.25) is 4.79 Å². The highest BCUT2D eigenvalue weighted by Gasteiger charge is 2.31. The molecule has 2 heterocycles. The normalized spacial score (nSPS) is 11.6. The monoisotopic (exact) mass is 503 g/mol. The highest BCUT2D eigenvalue weighted by molar-refractivity contribution is 6.35. The van der Waals surface area contributed by atoms with E-state index >= 15 is 0 Å². The van der Waals surface area contributed by atoms with Crippen LogP contribution in [0.1, 0.15) is 35.7 Å². The number of nitrogens with zero attached hydrogens (tertiary/aromatic N) is 6. The van der Waals surface area contributed by atoms with Crippen LogP contribution < -0.4 is 5.32 Å². The lowest BCUT2D eigenvalue weighted by Crippen LogP contribution is -2.43. The van der Waals surface area contributed by atoms with Gasteiger partial charge in [-0.05, 0) is 61.5 Å². The molecule has 1 amide bonds. The lowest BCUT2D eigenvalue weighted by Gasteiger charge is -2.23. The van der Waals surface area contributed by atoms with Crippen LogP contribution in [0.25, 0.3) is 16.9 Å². The molecular weight excluding hydrogens is 485 g/mol. The molecule has 170 valence electrons. The number of carbonyl (C=O) groups is 1. The average molecular weight is 505 g/mol. The Morgan fingerprint density at radius 1 is 1.03 bits per heavy atom. The summed E-state index contributed by atoms with van der Waals surface area (Å²) in [5, 5.41) is 20.7. The van der Waals surface area contributed by atoms with Crippen LogP contribution in [0.2, 0.25) is 15.1 Å². The summed E-state index contributed by atoms with van der Waals surface area (Å²) in [5.41, 5.74) is 2.20. The summed E-state index contributed by atoms with van der Waals surface area (Å²) >= 11 is 18.7. The lowest BCUT2D eigenvalue weighted by atomic mass is 10.0. The summed E-state index contributed by atoms with van der Waals surface area (Å²) in [7, 11) is 1.71. The molecule has 0 radical (unpaired) electrons. The number of hydrogen-bond donors (Lipinski definition) is 1. The van der Waals surface area contributed by atoms with E-state index in [0.717, 1.165) is 5.56 Å². The van der Waals surface area contributed by atoms with E-state index in [1.807, 2.05) is 32.9 Å². The van der Waals surface area contributed by atoms with Gasteiger partial charge in [-0.25, -0.2) is 9.36 Å². The van der Waals surface area contributed by atoms with E-state index < -0.39 is 5.54 Å². The van der Waals surface area contributed by atoms with Crippen LogP contribution >= 0.6 is 34.8 Å². The van der Waals surface area contributed by atoms with E-state index in [0.29, 0.717) is 37.8 Å². The van der Waals surface area contributed by atoms with Crippen LogP contribution in [0.3, 0.4) is 0 Å². The molecule has 8 nitrogen and oxygen atoms in total. The summed E-state index contributed by atoms with van der Waals surface area (Å²) in [5.74, 6) is 0.131. The molecule has 4 aromatic rings. The molecule has 2 aromatic carbocycles. The Hall–Kier alpha value is -2.94. The minimum absolute atomic E-state index is 0.245. The van der Waals surface area contributed by atoms with E-state index in [-0.39, 0.29) is 11.6 Å². The second-order valence-corrected chi connectivity index (χ2v) is 9.32.